The van der Waals surface area contributed by atoms with Gasteiger partial charge in [0.1, 0.15) is 10.6 Å². The summed E-state index contributed by atoms with van der Waals surface area (Å²) >= 11 is 0. The Kier molecular flexibility index (Phi) is 5.07. The van der Waals surface area contributed by atoms with Gasteiger partial charge in [0.05, 0.1) is 24.7 Å². The summed E-state index contributed by atoms with van der Waals surface area (Å²) in [6.45, 7) is 1.49. The summed E-state index contributed by atoms with van der Waals surface area (Å²) in [7, 11) is -2.67. The van der Waals surface area contributed by atoms with Gasteiger partial charge in [0, 0.05) is 6.54 Å². The summed E-state index contributed by atoms with van der Waals surface area (Å²) in [4.78, 5) is 10.6. The molecule has 0 saturated heterocycles. The Morgan fingerprint density at radius 3 is 2.70 bits per heavy atom. The van der Waals surface area contributed by atoms with E-state index >= 15 is 0 Å². The Morgan fingerprint density at radius 1 is 1.55 bits per heavy atom. The summed E-state index contributed by atoms with van der Waals surface area (Å²) in [5.74, 6) is -1.71. The van der Waals surface area contributed by atoms with E-state index in [9.17, 15) is 13.2 Å². The molecule has 7 nitrogen and oxygen atoms in total. The minimum atomic E-state index is -3.95. The third-order valence-corrected chi connectivity index (χ3v) is 3.94. The normalized spacial score (nSPS) is 12.4. The molecule has 0 heterocycles. The number of nitriles is 1. The van der Waals surface area contributed by atoms with E-state index in [-0.39, 0.29) is 22.8 Å². The highest BCUT2D eigenvalue weighted by Gasteiger charge is 2.22. The number of carbonyl (C=O) groups is 1. The fourth-order valence-electron chi connectivity index (χ4n) is 1.38. The van der Waals surface area contributed by atoms with Crippen molar-refractivity contribution in [2.24, 2.45) is 5.92 Å². The first-order valence-corrected chi connectivity index (χ1v) is 7.10. The predicted molar refractivity (Wildman–Crippen MR) is 69.9 cm³/mol. The molecule has 0 aromatic heterocycles. The van der Waals surface area contributed by atoms with E-state index in [1.54, 1.807) is 6.92 Å². The zero-order valence-electron chi connectivity index (χ0n) is 11.0. The lowest BCUT2D eigenvalue weighted by molar-refractivity contribution is 0.0696. The molecular formula is C12H14N2O5S. The minimum absolute atomic E-state index is 0.0344. The first-order chi connectivity index (χ1) is 9.31. The van der Waals surface area contributed by atoms with Crippen molar-refractivity contribution in [3.63, 3.8) is 0 Å². The number of ether oxygens (including phenoxy) is 1. The molecule has 8 heteroatoms. The number of benzene rings is 1. The molecule has 0 aliphatic rings. The van der Waals surface area contributed by atoms with Gasteiger partial charge >= 0.3 is 5.97 Å². The van der Waals surface area contributed by atoms with E-state index < -0.39 is 21.9 Å². The second-order valence-corrected chi connectivity index (χ2v) is 5.79. The number of sulfonamides is 1. The topological polar surface area (TPSA) is 116 Å². The maximum absolute atomic E-state index is 12.1. The number of carboxylic acid groups (broad SMARTS) is 1. The van der Waals surface area contributed by atoms with Crippen LogP contribution >= 0.6 is 0 Å². The van der Waals surface area contributed by atoms with Crippen LogP contribution in [0.2, 0.25) is 0 Å². The minimum Gasteiger partial charge on any atom is -0.495 e. The quantitative estimate of drug-likeness (QED) is 0.803. The largest absolute Gasteiger partial charge is 0.495 e. The van der Waals surface area contributed by atoms with Crippen LogP contribution in [-0.4, -0.2) is 33.1 Å². The number of nitrogens with zero attached hydrogens (tertiary/aromatic N) is 1. The van der Waals surface area contributed by atoms with E-state index in [0.29, 0.717) is 0 Å². The molecule has 0 saturated carbocycles. The first-order valence-electron chi connectivity index (χ1n) is 5.62. The van der Waals surface area contributed by atoms with Gasteiger partial charge in [-0.3, -0.25) is 0 Å². The summed E-state index contributed by atoms with van der Waals surface area (Å²) in [5.41, 5.74) is -0.167. The molecule has 1 unspecified atom stereocenters. The van der Waals surface area contributed by atoms with Crippen LogP contribution in [-0.2, 0) is 10.0 Å². The van der Waals surface area contributed by atoms with E-state index in [0.717, 1.165) is 6.07 Å². The number of nitrogens with one attached hydrogen (secondary N) is 1. The van der Waals surface area contributed by atoms with Crippen molar-refractivity contribution in [3.8, 4) is 11.8 Å². The lowest BCUT2D eigenvalue weighted by Crippen LogP contribution is -2.28. The van der Waals surface area contributed by atoms with Crippen molar-refractivity contribution in [2.75, 3.05) is 13.7 Å². The zero-order chi connectivity index (χ0) is 15.3. The highest BCUT2D eigenvalue weighted by atomic mass is 32.2. The van der Waals surface area contributed by atoms with Gasteiger partial charge in [-0.15, -0.1) is 0 Å². The molecule has 108 valence electrons. The fourth-order valence-corrected chi connectivity index (χ4v) is 2.70. The number of aromatic carboxylic acids is 1. The standard InChI is InChI=1S/C12H14N2O5S/c1-8(6-13)7-14-20(17,18)11-5-9(12(15)16)3-4-10(11)19-2/h3-5,8,14H,7H2,1-2H3,(H,15,16). The maximum atomic E-state index is 12.1. The van der Waals surface area contributed by atoms with Gasteiger partial charge in [-0.2, -0.15) is 5.26 Å². The van der Waals surface area contributed by atoms with Gasteiger partial charge < -0.3 is 9.84 Å². The van der Waals surface area contributed by atoms with Crippen molar-refractivity contribution < 1.29 is 23.1 Å². The number of methoxy groups -OCH3 is 1. The summed E-state index contributed by atoms with van der Waals surface area (Å²) < 4.78 is 31.4. The number of hydrogen-bond acceptors (Lipinski definition) is 5. The lowest BCUT2D eigenvalue weighted by atomic mass is 10.2. The number of carboxylic acids is 1. The van der Waals surface area contributed by atoms with Crippen molar-refractivity contribution in [3.05, 3.63) is 23.8 Å². The third-order valence-electron chi connectivity index (χ3n) is 2.50. The molecule has 1 aromatic carbocycles. The smallest absolute Gasteiger partial charge is 0.335 e. The Morgan fingerprint density at radius 2 is 2.20 bits per heavy atom. The molecular weight excluding hydrogens is 284 g/mol. The van der Waals surface area contributed by atoms with Crippen molar-refractivity contribution in [1.29, 1.82) is 5.26 Å². The molecule has 0 spiro atoms. The third kappa shape index (κ3) is 3.69. The molecule has 0 fully saturated rings. The Hall–Kier alpha value is -2.11. The van der Waals surface area contributed by atoms with Gasteiger partial charge in [0.2, 0.25) is 10.0 Å². The average molecular weight is 298 g/mol. The van der Waals surface area contributed by atoms with Crippen LogP contribution in [0.1, 0.15) is 17.3 Å². The predicted octanol–water partition coefficient (Wildman–Crippen LogP) is 0.831. The van der Waals surface area contributed by atoms with Crippen molar-refractivity contribution >= 4 is 16.0 Å². The van der Waals surface area contributed by atoms with Gasteiger partial charge in [0.15, 0.2) is 0 Å². The number of rotatable bonds is 6. The Bertz CT molecular complexity index is 648. The van der Waals surface area contributed by atoms with Crippen molar-refractivity contribution in [1.82, 2.24) is 4.72 Å². The number of hydrogen-bond donors (Lipinski definition) is 2. The van der Waals surface area contributed by atoms with Gasteiger partial charge in [-0.25, -0.2) is 17.9 Å². The molecule has 0 radical (unpaired) electrons. The zero-order valence-corrected chi connectivity index (χ0v) is 11.8. The molecule has 1 rings (SSSR count). The monoisotopic (exact) mass is 298 g/mol. The SMILES string of the molecule is COc1ccc(C(=O)O)cc1S(=O)(=O)NCC(C)C#N. The van der Waals surface area contributed by atoms with Crippen LogP contribution in [0.15, 0.2) is 23.1 Å². The fraction of sp³-hybridized carbons (Fsp3) is 0.333. The van der Waals surface area contributed by atoms with E-state index in [4.69, 9.17) is 15.1 Å². The van der Waals surface area contributed by atoms with Crippen LogP contribution in [0.3, 0.4) is 0 Å². The van der Waals surface area contributed by atoms with Crippen molar-refractivity contribution in [2.45, 2.75) is 11.8 Å². The van der Waals surface area contributed by atoms with Crippen LogP contribution in [0.25, 0.3) is 0 Å². The molecule has 0 bridgehead atoms. The molecule has 1 aromatic rings. The van der Waals surface area contributed by atoms with Crippen LogP contribution in [0.5, 0.6) is 5.75 Å². The van der Waals surface area contributed by atoms with E-state index in [1.807, 2.05) is 6.07 Å². The maximum Gasteiger partial charge on any atom is 0.335 e. The van der Waals surface area contributed by atoms with Crippen LogP contribution in [0.4, 0.5) is 0 Å². The highest BCUT2D eigenvalue weighted by molar-refractivity contribution is 7.89. The first kappa shape index (κ1) is 15.9. The van der Waals surface area contributed by atoms with Gasteiger partial charge in [-0.1, -0.05) is 0 Å². The van der Waals surface area contributed by atoms with Gasteiger partial charge in [-0.05, 0) is 25.1 Å². The van der Waals surface area contributed by atoms with Crippen LogP contribution < -0.4 is 9.46 Å². The Balaban J connectivity index is 3.19. The Labute approximate surface area is 116 Å². The van der Waals surface area contributed by atoms with Gasteiger partial charge in [0.25, 0.3) is 0 Å². The molecule has 20 heavy (non-hydrogen) atoms. The summed E-state index contributed by atoms with van der Waals surface area (Å²) in [6.07, 6.45) is 0. The molecule has 2 N–H and O–H groups in total. The summed E-state index contributed by atoms with van der Waals surface area (Å²) in [5, 5.41) is 17.5. The molecule has 1 atom stereocenters. The van der Waals surface area contributed by atoms with E-state index in [2.05, 4.69) is 4.72 Å². The van der Waals surface area contributed by atoms with E-state index in [1.165, 1.54) is 19.2 Å². The highest BCUT2D eigenvalue weighted by Crippen LogP contribution is 2.24. The average Bonchev–Trinajstić information content (AvgIpc) is 2.43. The van der Waals surface area contributed by atoms with Crippen LogP contribution in [0, 0.1) is 17.2 Å². The summed E-state index contributed by atoms with van der Waals surface area (Å²) in [6, 6.07) is 5.43. The second kappa shape index (κ2) is 6.36. The molecule has 0 aliphatic carbocycles. The second-order valence-electron chi connectivity index (χ2n) is 4.05. The molecule has 0 amide bonds. The lowest BCUT2D eigenvalue weighted by Gasteiger charge is -2.12. The molecule has 0 aliphatic heterocycles.